The van der Waals surface area contributed by atoms with Gasteiger partial charge in [-0.05, 0) is 0 Å². The summed E-state index contributed by atoms with van der Waals surface area (Å²) >= 11 is 2.87. The zero-order valence-electron chi connectivity index (χ0n) is 7.97. The lowest BCUT2D eigenvalue weighted by molar-refractivity contribution is -0.276. The average molecular weight is 316 g/mol. The molecule has 94 valence electrons. The first-order chi connectivity index (χ1) is 7.74. The Kier molecular flexibility index (Phi) is 3.81. The molecule has 0 aliphatic rings. The lowest BCUT2D eigenvalue weighted by Crippen LogP contribution is -2.23. The van der Waals surface area contributed by atoms with Gasteiger partial charge in [0.2, 0.25) is 5.88 Å². The number of carbonyl (C=O) groups is 1. The predicted octanol–water partition coefficient (Wildman–Crippen LogP) is 1.87. The van der Waals surface area contributed by atoms with E-state index in [1.54, 1.807) is 4.98 Å². The highest BCUT2D eigenvalue weighted by molar-refractivity contribution is 9.08. The first-order valence-corrected chi connectivity index (χ1v) is 5.18. The third-order valence-corrected chi connectivity index (χ3v) is 2.26. The largest absolute Gasteiger partial charge is 0.574 e. The van der Waals surface area contributed by atoms with Gasteiger partial charge in [0.15, 0.2) is 0 Å². The van der Waals surface area contributed by atoms with Gasteiger partial charge in [0.1, 0.15) is 0 Å². The van der Waals surface area contributed by atoms with E-state index in [4.69, 9.17) is 5.11 Å². The molecule has 0 bridgehead atoms. The molecule has 0 atom stereocenters. The Hall–Kier alpha value is -1.51. The maximum atomic E-state index is 11.9. The molecule has 0 saturated heterocycles. The van der Waals surface area contributed by atoms with Crippen LogP contribution in [0.2, 0.25) is 0 Å². The molecular weight excluding hydrogens is 311 g/mol. The number of carboxylic acids is 1. The van der Waals surface area contributed by atoms with E-state index in [0.717, 1.165) is 0 Å². The normalized spacial score (nSPS) is 11.3. The highest BCUT2D eigenvalue weighted by atomic mass is 79.9. The molecule has 5 nitrogen and oxygen atoms in total. The molecule has 0 radical (unpaired) electrons. The monoisotopic (exact) mass is 315 g/mol. The number of aromatic nitrogens is 1. The van der Waals surface area contributed by atoms with Crippen LogP contribution in [-0.2, 0) is 5.33 Å². The van der Waals surface area contributed by atoms with Crippen molar-refractivity contribution in [1.29, 1.82) is 0 Å². The van der Waals surface area contributed by atoms with E-state index < -0.39 is 29.3 Å². The second-order valence-electron chi connectivity index (χ2n) is 2.84. The maximum absolute atomic E-state index is 11.9. The average Bonchev–Trinajstić information content (AvgIpc) is 2.13. The molecule has 0 amide bonds. The molecule has 1 aromatic heterocycles. The summed E-state index contributed by atoms with van der Waals surface area (Å²) in [6.07, 6.45) is -5.01. The number of carboxylic acid groups (broad SMARTS) is 1. The second-order valence-corrected chi connectivity index (χ2v) is 3.40. The third-order valence-electron chi connectivity index (χ3n) is 1.70. The van der Waals surface area contributed by atoms with Crippen LogP contribution < -0.4 is 10.3 Å². The van der Waals surface area contributed by atoms with Crippen LogP contribution in [0.3, 0.4) is 0 Å². The Morgan fingerprint density at radius 3 is 2.53 bits per heavy atom. The zero-order valence-corrected chi connectivity index (χ0v) is 9.55. The second kappa shape index (κ2) is 4.78. The van der Waals surface area contributed by atoms with Gasteiger partial charge in [-0.25, -0.2) is 4.79 Å². The smallest absolute Gasteiger partial charge is 0.478 e. The molecule has 0 fully saturated rings. The molecule has 0 unspecified atom stereocenters. The number of ether oxygens (including phenoxy) is 1. The molecule has 2 N–H and O–H groups in total. The molecular formula is C8H5BrF3NO4. The van der Waals surface area contributed by atoms with E-state index in [1.807, 2.05) is 0 Å². The molecule has 9 heteroatoms. The van der Waals surface area contributed by atoms with Crippen LogP contribution in [-0.4, -0.2) is 22.4 Å². The summed E-state index contributed by atoms with van der Waals surface area (Å²) in [6, 6.07) is 0.605. The molecule has 17 heavy (non-hydrogen) atoms. The number of rotatable bonds is 3. The van der Waals surface area contributed by atoms with Gasteiger partial charge in [-0.2, -0.15) is 0 Å². The Bertz CT molecular complexity index is 497. The standard InChI is InChI=1S/C8H5BrF3NO4/c9-2-4-3(7(15)16)1-5(13-6(4)14)17-8(10,11)12/h1H,2H2,(H,13,14)(H,15,16). The lowest BCUT2D eigenvalue weighted by Gasteiger charge is -2.10. The number of pyridine rings is 1. The number of hydrogen-bond acceptors (Lipinski definition) is 3. The van der Waals surface area contributed by atoms with Crippen molar-refractivity contribution in [2.24, 2.45) is 0 Å². The number of aromatic amines is 1. The van der Waals surface area contributed by atoms with Gasteiger partial charge in [0, 0.05) is 17.0 Å². The topological polar surface area (TPSA) is 79.4 Å². The van der Waals surface area contributed by atoms with E-state index in [9.17, 15) is 22.8 Å². The van der Waals surface area contributed by atoms with Crippen LogP contribution in [0.25, 0.3) is 0 Å². The Morgan fingerprint density at radius 2 is 2.12 bits per heavy atom. The SMILES string of the molecule is O=C(O)c1cc(OC(F)(F)F)[nH]c(=O)c1CBr. The van der Waals surface area contributed by atoms with Gasteiger partial charge in [-0.3, -0.25) is 9.78 Å². The van der Waals surface area contributed by atoms with E-state index in [2.05, 4.69) is 20.7 Å². The maximum Gasteiger partial charge on any atom is 0.574 e. The first-order valence-electron chi connectivity index (χ1n) is 4.06. The van der Waals surface area contributed by atoms with E-state index in [-0.39, 0.29) is 10.9 Å². The fourth-order valence-corrected chi connectivity index (χ4v) is 1.62. The summed E-state index contributed by atoms with van der Waals surface area (Å²) in [7, 11) is 0. The van der Waals surface area contributed by atoms with Gasteiger partial charge in [0.25, 0.3) is 5.56 Å². The summed E-state index contributed by atoms with van der Waals surface area (Å²) in [5, 5.41) is 8.63. The molecule has 0 saturated carbocycles. The number of nitrogens with one attached hydrogen (secondary N) is 1. The van der Waals surface area contributed by atoms with Crippen molar-refractivity contribution in [2.45, 2.75) is 11.7 Å². The van der Waals surface area contributed by atoms with Crippen molar-refractivity contribution in [3.05, 3.63) is 27.5 Å². The molecule has 1 heterocycles. The molecule has 1 rings (SSSR count). The van der Waals surface area contributed by atoms with Crippen molar-refractivity contribution in [1.82, 2.24) is 4.98 Å². The van der Waals surface area contributed by atoms with Crippen LogP contribution in [0.4, 0.5) is 13.2 Å². The summed E-state index contributed by atoms with van der Waals surface area (Å²) < 4.78 is 39.1. The minimum absolute atomic E-state index is 0.101. The van der Waals surface area contributed by atoms with Crippen LogP contribution in [0.5, 0.6) is 5.88 Å². The molecule has 0 spiro atoms. The van der Waals surface area contributed by atoms with Crippen molar-refractivity contribution < 1.29 is 27.8 Å². The number of hydrogen-bond donors (Lipinski definition) is 2. The highest BCUT2D eigenvalue weighted by Gasteiger charge is 2.32. The minimum Gasteiger partial charge on any atom is -0.478 e. The minimum atomic E-state index is -5.01. The lowest BCUT2D eigenvalue weighted by atomic mass is 10.1. The predicted molar refractivity (Wildman–Crippen MR) is 53.3 cm³/mol. The zero-order chi connectivity index (χ0) is 13.2. The van der Waals surface area contributed by atoms with Gasteiger partial charge >= 0.3 is 12.3 Å². The van der Waals surface area contributed by atoms with Crippen molar-refractivity contribution in [3.8, 4) is 5.88 Å². The summed E-state index contributed by atoms with van der Waals surface area (Å²) in [5.41, 5.74) is -1.70. The summed E-state index contributed by atoms with van der Waals surface area (Å²) in [5.74, 6) is -2.48. The Morgan fingerprint density at radius 1 is 1.53 bits per heavy atom. The number of halogens is 4. The summed E-state index contributed by atoms with van der Waals surface area (Å²) in [6.45, 7) is 0. The number of aromatic carboxylic acids is 1. The van der Waals surface area contributed by atoms with Crippen LogP contribution in [0, 0.1) is 0 Å². The molecule has 0 aromatic carbocycles. The number of alkyl halides is 4. The van der Waals surface area contributed by atoms with Crippen LogP contribution in [0.15, 0.2) is 10.9 Å². The van der Waals surface area contributed by atoms with Crippen LogP contribution >= 0.6 is 15.9 Å². The van der Waals surface area contributed by atoms with Crippen molar-refractivity contribution in [2.75, 3.05) is 0 Å². The third kappa shape index (κ3) is 3.48. The fraction of sp³-hybridized carbons (Fsp3) is 0.250. The van der Waals surface area contributed by atoms with E-state index in [0.29, 0.717) is 6.07 Å². The fourth-order valence-electron chi connectivity index (χ4n) is 1.07. The van der Waals surface area contributed by atoms with Gasteiger partial charge < -0.3 is 9.84 Å². The quantitative estimate of drug-likeness (QED) is 0.834. The first kappa shape index (κ1) is 13.6. The molecule has 1 aromatic rings. The Balaban J connectivity index is 3.30. The van der Waals surface area contributed by atoms with Gasteiger partial charge in [-0.15, -0.1) is 13.2 Å². The van der Waals surface area contributed by atoms with Gasteiger partial charge in [0.05, 0.1) is 5.56 Å². The van der Waals surface area contributed by atoms with Crippen molar-refractivity contribution in [3.63, 3.8) is 0 Å². The van der Waals surface area contributed by atoms with E-state index in [1.165, 1.54) is 0 Å². The van der Waals surface area contributed by atoms with Crippen LogP contribution in [0.1, 0.15) is 15.9 Å². The number of H-pyrrole nitrogens is 1. The highest BCUT2D eigenvalue weighted by Crippen LogP contribution is 2.21. The Labute approximate surface area is 100 Å². The van der Waals surface area contributed by atoms with Gasteiger partial charge in [-0.1, -0.05) is 15.9 Å². The van der Waals surface area contributed by atoms with E-state index >= 15 is 0 Å². The summed E-state index contributed by atoms with van der Waals surface area (Å²) in [4.78, 5) is 23.8. The molecule has 0 aliphatic carbocycles. The molecule has 0 aliphatic heterocycles. The van der Waals surface area contributed by atoms with Crippen molar-refractivity contribution >= 4 is 21.9 Å².